The fourth-order valence-corrected chi connectivity index (χ4v) is 3.24. The number of furan rings is 1. The third-order valence-corrected chi connectivity index (χ3v) is 4.67. The lowest BCUT2D eigenvalue weighted by Gasteiger charge is -2.08. The first-order chi connectivity index (χ1) is 13.5. The Morgan fingerprint density at radius 3 is 2.68 bits per heavy atom. The van der Waals surface area contributed by atoms with E-state index in [1.54, 1.807) is 11.8 Å². The number of anilines is 1. The van der Waals surface area contributed by atoms with E-state index in [-0.39, 0.29) is 11.7 Å². The number of hydrogen-bond donors (Lipinski definition) is 1. The zero-order valence-corrected chi connectivity index (χ0v) is 16.0. The molecule has 0 bridgehead atoms. The monoisotopic (exact) mass is 375 g/mol. The lowest BCUT2D eigenvalue weighted by atomic mass is 10.1. The van der Waals surface area contributed by atoms with Crippen LogP contribution in [0.15, 0.2) is 59.0 Å². The largest absolute Gasteiger partial charge is 0.497 e. The number of rotatable bonds is 5. The van der Waals surface area contributed by atoms with Gasteiger partial charge in [-0.25, -0.2) is 4.68 Å². The van der Waals surface area contributed by atoms with Crippen molar-refractivity contribution in [2.45, 2.75) is 20.4 Å². The molecule has 4 aromatic rings. The fraction of sp³-hybridized carbons (Fsp3) is 0.182. The minimum absolute atomic E-state index is 0.286. The van der Waals surface area contributed by atoms with E-state index in [4.69, 9.17) is 9.15 Å². The zero-order chi connectivity index (χ0) is 19.7. The molecule has 0 spiro atoms. The molecule has 0 saturated heterocycles. The first-order valence-electron chi connectivity index (χ1n) is 9.02. The van der Waals surface area contributed by atoms with Gasteiger partial charge in [0, 0.05) is 17.0 Å². The lowest BCUT2D eigenvalue weighted by molar-refractivity contribution is 0.0997. The Kier molecular flexibility index (Phi) is 4.61. The Hall–Kier alpha value is -3.54. The average Bonchev–Trinajstić information content (AvgIpc) is 3.21. The van der Waals surface area contributed by atoms with Crippen LogP contribution in [-0.4, -0.2) is 22.8 Å². The van der Waals surface area contributed by atoms with Crippen molar-refractivity contribution in [3.8, 4) is 5.75 Å². The number of benzene rings is 2. The first-order valence-corrected chi connectivity index (χ1v) is 9.02. The molecule has 28 heavy (non-hydrogen) atoms. The molecule has 0 saturated carbocycles. The molecular weight excluding hydrogens is 354 g/mol. The molecule has 0 fully saturated rings. The summed E-state index contributed by atoms with van der Waals surface area (Å²) in [7, 11) is 1.61. The molecule has 0 atom stereocenters. The van der Waals surface area contributed by atoms with Crippen LogP contribution in [0.4, 0.5) is 5.82 Å². The highest BCUT2D eigenvalue weighted by Gasteiger charge is 2.20. The van der Waals surface area contributed by atoms with E-state index in [0.29, 0.717) is 17.9 Å². The van der Waals surface area contributed by atoms with Gasteiger partial charge in [0.15, 0.2) is 5.76 Å². The van der Waals surface area contributed by atoms with E-state index in [2.05, 4.69) is 10.4 Å². The summed E-state index contributed by atoms with van der Waals surface area (Å²) in [5, 5.41) is 8.29. The molecule has 0 aliphatic rings. The number of nitrogens with one attached hydrogen (secondary N) is 1. The van der Waals surface area contributed by atoms with Gasteiger partial charge in [-0.05, 0) is 37.6 Å². The Labute approximate surface area is 162 Å². The van der Waals surface area contributed by atoms with Gasteiger partial charge in [0.2, 0.25) is 0 Å². The van der Waals surface area contributed by atoms with Crippen LogP contribution in [0, 0.1) is 13.8 Å². The number of carbonyl (C=O) groups is 1. The van der Waals surface area contributed by atoms with Gasteiger partial charge in [0.25, 0.3) is 5.91 Å². The van der Waals surface area contributed by atoms with Crippen LogP contribution in [0.3, 0.4) is 0 Å². The fourth-order valence-electron chi connectivity index (χ4n) is 3.24. The second-order valence-electron chi connectivity index (χ2n) is 6.69. The summed E-state index contributed by atoms with van der Waals surface area (Å²) >= 11 is 0. The Morgan fingerprint density at radius 2 is 1.93 bits per heavy atom. The summed E-state index contributed by atoms with van der Waals surface area (Å²) in [6.07, 6.45) is 0. The SMILES string of the molecule is COc1ccc2oc(C(=O)Nc3cc(C)nn3Cc3ccccc3)c(C)c2c1. The molecule has 0 aliphatic carbocycles. The average molecular weight is 375 g/mol. The van der Waals surface area contributed by atoms with Gasteiger partial charge < -0.3 is 14.5 Å². The molecule has 142 valence electrons. The normalized spacial score (nSPS) is 11.0. The smallest absolute Gasteiger partial charge is 0.292 e. The number of methoxy groups -OCH3 is 1. The number of aromatic nitrogens is 2. The van der Waals surface area contributed by atoms with Crippen molar-refractivity contribution >= 4 is 22.7 Å². The van der Waals surface area contributed by atoms with Crippen LogP contribution >= 0.6 is 0 Å². The minimum atomic E-state index is -0.304. The molecule has 0 unspecified atom stereocenters. The zero-order valence-electron chi connectivity index (χ0n) is 16.0. The second kappa shape index (κ2) is 7.23. The number of carbonyl (C=O) groups excluding carboxylic acids is 1. The van der Waals surface area contributed by atoms with Gasteiger partial charge in [0.1, 0.15) is 17.2 Å². The third kappa shape index (κ3) is 3.36. The van der Waals surface area contributed by atoms with Crippen LogP contribution in [0.25, 0.3) is 11.0 Å². The van der Waals surface area contributed by atoms with Crippen LogP contribution in [0.1, 0.15) is 27.4 Å². The summed E-state index contributed by atoms with van der Waals surface area (Å²) in [6, 6.07) is 17.3. The topological polar surface area (TPSA) is 69.3 Å². The van der Waals surface area contributed by atoms with Gasteiger partial charge in [-0.15, -0.1) is 0 Å². The molecule has 4 rings (SSSR count). The second-order valence-corrected chi connectivity index (χ2v) is 6.69. The molecule has 2 heterocycles. The van der Waals surface area contributed by atoms with Crippen molar-refractivity contribution in [2.24, 2.45) is 0 Å². The molecule has 0 aliphatic heterocycles. The number of hydrogen-bond acceptors (Lipinski definition) is 4. The third-order valence-electron chi connectivity index (χ3n) is 4.67. The molecule has 2 aromatic heterocycles. The van der Waals surface area contributed by atoms with Crippen molar-refractivity contribution in [1.82, 2.24) is 9.78 Å². The number of amides is 1. The van der Waals surface area contributed by atoms with Crippen LogP contribution in [-0.2, 0) is 6.54 Å². The van der Waals surface area contributed by atoms with Gasteiger partial charge >= 0.3 is 0 Å². The van der Waals surface area contributed by atoms with Crippen molar-refractivity contribution in [2.75, 3.05) is 12.4 Å². The molecule has 6 heteroatoms. The van der Waals surface area contributed by atoms with E-state index in [1.165, 1.54) is 0 Å². The number of aryl methyl sites for hydroxylation is 2. The van der Waals surface area contributed by atoms with Crippen LogP contribution < -0.4 is 10.1 Å². The summed E-state index contributed by atoms with van der Waals surface area (Å²) in [6.45, 7) is 4.34. The van der Waals surface area contributed by atoms with E-state index in [1.807, 2.05) is 68.4 Å². The summed E-state index contributed by atoms with van der Waals surface area (Å²) in [5.74, 6) is 1.33. The first kappa shape index (κ1) is 17.9. The predicted molar refractivity (Wildman–Crippen MR) is 108 cm³/mol. The molecule has 0 radical (unpaired) electrons. The summed E-state index contributed by atoms with van der Waals surface area (Å²) in [4.78, 5) is 12.9. The van der Waals surface area contributed by atoms with Gasteiger partial charge in [0.05, 0.1) is 19.3 Å². The van der Waals surface area contributed by atoms with Gasteiger partial charge in [-0.3, -0.25) is 4.79 Å². The maximum atomic E-state index is 12.9. The Bertz CT molecular complexity index is 1140. The van der Waals surface area contributed by atoms with E-state index in [0.717, 1.165) is 28.0 Å². The Balaban J connectivity index is 1.62. The minimum Gasteiger partial charge on any atom is -0.497 e. The number of ether oxygens (including phenoxy) is 1. The lowest BCUT2D eigenvalue weighted by Crippen LogP contribution is -2.16. The maximum absolute atomic E-state index is 12.9. The highest BCUT2D eigenvalue weighted by atomic mass is 16.5. The van der Waals surface area contributed by atoms with E-state index < -0.39 is 0 Å². The quantitative estimate of drug-likeness (QED) is 0.555. The van der Waals surface area contributed by atoms with Gasteiger partial charge in [-0.1, -0.05) is 30.3 Å². The van der Waals surface area contributed by atoms with E-state index >= 15 is 0 Å². The van der Waals surface area contributed by atoms with Crippen molar-refractivity contribution in [3.63, 3.8) is 0 Å². The summed E-state index contributed by atoms with van der Waals surface area (Å²) in [5.41, 5.74) is 3.36. The van der Waals surface area contributed by atoms with Crippen molar-refractivity contribution in [1.29, 1.82) is 0 Å². The molecule has 1 amide bonds. The van der Waals surface area contributed by atoms with Crippen LogP contribution in [0.5, 0.6) is 5.75 Å². The summed E-state index contributed by atoms with van der Waals surface area (Å²) < 4.78 is 12.8. The maximum Gasteiger partial charge on any atom is 0.292 e. The predicted octanol–water partition coefficient (Wildman–Crippen LogP) is 4.56. The van der Waals surface area contributed by atoms with Gasteiger partial charge in [-0.2, -0.15) is 5.10 Å². The molecule has 1 N–H and O–H groups in total. The van der Waals surface area contributed by atoms with Crippen molar-refractivity contribution < 1.29 is 13.9 Å². The highest BCUT2D eigenvalue weighted by Crippen LogP contribution is 2.29. The Morgan fingerprint density at radius 1 is 1.14 bits per heavy atom. The highest BCUT2D eigenvalue weighted by molar-refractivity contribution is 6.06. The molecular formula is C22H21N3O3. The number of nitrogens with zero attached hydrogens (tertiary/aromatic N) is 2. The van der Waals surface area contributed by atoms with E-state index in [9.17, 15) is 4.79 Å². The molecule has 2 aromatic carbocycles. The van der Waals surface area contributed by atoms with Crippen molar-refractivity contribution in [3.05, 3.63) is 77.2 Å². The number of fused-ring (bicyclic) bond motifs is 1. The van der Waals surface area contributed by atoms with Crippen LogP contribution in [0.2, 0.25) is 0 Å². The standard InChI is InChI=1S/C22H21N3O3/c1-14-11-20(25(24-14)13-16-7-5-4-6-8-16)23-22(26)21-15(2)18-12-17(27-3)9-10-19(18)28-21/h4-12H,13H2,1-3H3,(H,23,26). The molecule has 6 nitrogen and oxygen atoms in total.